The van der Waals surface area contributed by atoms with Gasteiger partial charge in [0, 0.05) is 23.4 Å². The molecule has 1 aromatic rings. The standard InChI is InChI=1S/C14H21ClN2O2S2/c1-3-16-8-11-6-12(15)7-14(10(11)2)21(18,19)17-13-4-5-20-9-13/h6-7,13,16-17H,3-5,8-9H2,1-2H3. The Morgan fingerprint density at radius 1 is 1.43 bits per heavy atom. The van der Waals surface area contributed by atoms with Crippen LogP contribution < -0.4 is 10.0 Å². The van der Waals surface area contributed by atoms with Crippen molar-refractivity contribution >= 4 is 33.4 Å². The van der Waals surface area contributed by atoms with E-state index in [0.717, 1.165) is 35.6 Å². The SMILES string of the molecule is CCNCc1cc(Cl)cc(S(=O)(=O)NC2CCSC2)c1C. The number of benzene rings is 1. The third-order valence-electron chi connectivity index (χ3n) is 3.54. The van der Waals surface area contributed by atoms with Gasteiger partial charge < -0.3 is 5.32 Å². The number of hydrogen-bond acceptors (Lipinski definition) is 4. The maximum atomic E-state index is 12.6. The van der Waals surface area contributed by atoms with Gasteiger partial charge in [-0.15, -0.1) is 0 Å². The Morgan fingerprint density at radius 3 is 2.81 bits per heavy atom. The molecule has 21 heavy (non-hydrogen) atoms. The van der Waals surface area contributed by atoms with E-state index in [1.807, 2.05) is 19.9 Å². The van der Waals surface area contributed by atoms with E-state index >= 15 is 0 Å². The predicted molar refractivity (Wildman–Crippen MR) is 89.6 cm³/mol. The van der Waals surface area contributed by atoms with Crippen molar-refractivity contribution in [1.29, 1.82) is 0 Å². The van der Waals surface area contributed by atoms with Crippen molar-refractivity contribution in [2.45, 2.75) is 37.8 Å². The van der Waals surface area contributed by atoms with Gasteiger partial charge in [0.05, 0.1) is 4.90 Å². The van der Waals surface area contributed by atoms with Crippen LogP contribution in [0.5, 0.6) is 0 Å². The van der Waals surface area contributed by atoms with Gasteiger partial charge in [0.1, 0.15) is 0 Å². The first-order valence-electron chi connectivity index (χ1n) is 7.04. The summed E-state index contributed by atoms with van der Waals surface area (Å²) in [5, 5.41) is 3.66. The minimum Gasteiger partial charge on any atom is -0.313 e. The molecule has 1 aliphatic rings. The lowest BCUT2D eigenvalue weighted by atomic mass is 10.1. The highest BCUT2D eigenvalue weighted by Crippen LogP contribution is 2.26. The Morgan fingerprint density at radius 2 is 2.19 bits per heavy atom. The van der Waals surface area contributed by atoms with Crippen LogP contribution in [0.4, 0.5) is 0 Å². The Bertz CT molecular complexity index is 599. The zero-order valence-corrected chi connectivity index (χ0v) is 14.7. The van der Waals surface area contributed by atoms with Crippen molar-refractivity contribution < 1.29 is 8.42 Å². The minimum atomic E-state index is -3.52. The third-order valence-corrected chi connectivity index (χ3v) is 6.57. The first-order valence-corrected chi connectivity index (χ1v) is 10.1. The van der Waals surface area contributed by atoms with Gasteiger partial charge in [-0.1, -0.05) is 18.5 Å². The normalized spacial score (nSPS) is 19.1. The summed E-state index contributed by atoms with van der Waals surface area (Å²) in [5.41, 5.74) is 1.68. The van der Waals surface area contributed by atoms with Gasteiger partial charge in [0.2, 0.25) is 10.0 Å². The Labute approximate surface area is 136 Å². The van der Waals surface area contributed by atoms with Crippen LogP contribution in [-0.4, -0.2) is 32.5 Å². The van der Waals surface area contributed by atoms with Gasteiger partial charge in [-0.2, -0.15) is 11.8 Å². The molecule has 1 aliphatic heterocycles. The van der Waals surface area contributed by atoms with Gasteiger partial charge >= 0.3 is 0 Å². The second kappa shape index (κ2) is 7.33. The fourth-order valence-corrected chi connectivity index (χ4v) is 5.49. The fraction of sp³-hybridized carbons (Fsp3) is 0.571. The molecule has 118 valence electrons. The first-order chi connectivity index (χ1) is 9.94. The van der Waals surface area contributed by atoms with E-state index in [2.05, 4.69) is 10.0 Å². The summed E-state index contributed by atoms with van der Waals surface area (Å²) < 4.78 is 28.0. The zero-order chi connectivity index (χ0) is 15.5. The molecular formula is C14H21ClN2O2S2. The van der Waals surface area contributed by atoms with Crippen LogP contribution in [0.2, 0.25) is 5.02 Å². The van der Waals surface area contributed by atoms with Crippen molar-refractivity contribution in [3.63, 3.8) is 0 Å². The lowest BCUT2D eigenvalue weighted by molar-refractivity contribution is 0.562. The number of thioether (sulfide) groups is 1. The quantitative estimate of drug-likeness (QED) is 0.829. The molecule has 0 amide bonds. The summed E-state index contributed by atoms with van der Waals surface area (Å²) in [7, 11) is -3.52. The Balaban J connectivity index is 2.30. The topological polar surface area (TPSA) is 58.2 Å². The maximum Gasteiger partial charge on any atom is 0.241 e. The van der Waals surface area contributed by atoms with Gasteiger partial charge in [0.15, 0.2) is 0 Å². The lowest BCUT2D eigenvalue weighted by Crippen LogP contribution is -2.35. The van der Waals surface area contributed by atoms with E-state index in [-0.39, 0.29) is 6.04 Å². The van der Waals surface area contributed by atoms with Crippen LogP contribution in [0.15, 0.2) is 17.0 Å². The number of sulfonamides is 1. The van der Waals surface area contributed by atoms with E-state index < -0.39 is 10.0 Å². The predicted octanol–water partition coefficient (Wildman–Crippen LogP) is 2.54. The molecule has 2 N–H and O–H groups in total. The molecule has 0 bridgehead atoms. The average Bonchev–Trinajstić information content (AvgIpc) is 2.91. The van der Waals surface area contributed by atoms with E-state index in [1.165, 1.54) is 6.07 Å². The molecule has 1 fully saturated rings. The van der Waals surface area contributed by atoms with Crippen molar-refractivity contribution in [2.24, 2.45) is 0 Å². The van der Waals surface area contributed by atoms with Gasteiger partial charge in [-0.3, -0.25) is 0 Å². The highest BCUT2D eigenvalue weighted by Gasteiger charge is 2.25. The Kier molecular flexibility index (Phi) is 5.96. The largest absolute Gasteiger partial charge is 0.313 e. The molecule has 0 aliphatic carbocycles. The average molecular weight is 349 g/mol. The summed E-state index contributed by atoms with van der Waals surface area (Å²) in [6.45, 7) is 5.29. The van der Waals surface area contributed by atoms with Crippen LogP contribution in [-0.2, 0) is 16.6 Å². The molecule has 1 heterocycles. The van der Waals surface area contributed by atoms with Crippen LogP contribution in [0.3, 0.4) is 0 Å². The molecule has 1 atom stereocenters. The smallest absolute Gasteiger partial charge is 0.241 e. The second-order valence-corrected chi connectivity index (χ2v) is 8.42. The highest BCUT2D eigenvalue weighted by atomic mass is 35.5. The molecule has 0 aromatic heterocycles. The molecular weight excluding hydrogens is 328 g/mol. The molecule has 1 saturated heterocycles. The van der Waals surface area contributed by atoms with Crippen LogP contribution in [0, 0.1) is 6.92 Å². The molecule has 0 saturated carbocycles. The lowest BCUT2D eigenvalue weighted by Gasteiger charge is -2.16. The second-order valence-electron chi connectivity index (χ2n) is 5.15. The third kappa shape index (κ3) is 4.36. The number of halogens is 1. The molecule has 0 radical (unpaired) electrons. The van der Waals surface area contributed by atoms with E-state index in [4.69, 9.17) is 11.6 Å². The van der Waals surface area contributed by atoms with Crippen molar-refractivity contribution in [2.75, 3.05) is 18.1 Å². The van der Waals surface area contributed by atoms with Crippen molar-refractivity contribution in [3.05, 3.63) is 28.3 Å². The van der Waals surface area contributed by atoms with Crippen LogP contribution >= 0.6 is 23.4 Å². The van der Waals surface area contributed by atoms with Gasteiger partial charge in [-0.05, 0) is 48.9 Å². The monoisotopic (exact) mass is 348 g/mol. The summed E-state index contributed by atoms with van der Waals surface area (Å²) in [5.74, 6) is 1.84. The van der Waals surface area contributed by atoms with E-state index in [1.54, 1.807) is 11.8 Å². The van der Waals surface area contributed by atoms with Gasteiger partial charge in [-0.25, -0.2) is 13.1 Å². The first kappa shape index (κ1) is 17.1. The van der Waals surface area contributed by atoms with E-state index in [9.17, 15) is 8.42 Å². The molecule has 2 rings (SSSR count). The number of hydrogen-bond donors (Lipinski definition) is 2. The van der Waals surface area contributed by atoms with Crippen LogP contribution in [0.1, 0.15) is 24.5 Å². The van der Waals surface area contributed by atoms with Crippen LogP contribution in [0.25, 0.3) is 0 Å². The van der Waals surface area contributed by atoms with Crippen molar-refractivity contribution in [3.8, 4) is 0 Å². The summed E-state index contributed by atoms with van der Waals surface area (Å²) in [4.78, 5) is 0.291. The van der Waals surface area contributed by atoms with Gasteiger partial charge in [0.25, 0.3) is 0 Å². The van der Waals surface area contributed by atoms with E-state index in [0.29, 0.717) is 16.5 Å². The summed E-state index contributed by atoms with van der Waals surface area (Å²) in [6.07, 6.45) is 0.883. The fourth-order valence-electron chi connectivity index (χ4n) is 2.34. The zero-order valence-electron chi connectivity index (χ0n) is 12.3. The minimum absolute atomic E-state index is 0.0237. The molecule has 1 aromatic carbocycles. The van der Waals surface area contributed by atoms with Crippen molar-refractivity contribution in [1.82, 2.24) is 10.0 Å². The summed E-state index contributed by atoms with van der Waals surface area (Å²) >= 11 is 7.88. The Hall–Kier alpha value is -0.270. The number of rotatable bonds is 6. The summed E-state index contributed by atoms with van der Waals surface area (Å²) in [6, 6.07) is 3.39. The molecule has 4 nitrogen and oxygen atoms in total. The molecule has 0 spiro atoms. The molecule has 1 unspecified atom stereocenters. The number of nitrogens with one attached hydrogen (secondary N) is 2. The highest BCUT2D eigenvalue weighted by molar-refractivity contribution is 7.99. The maximum absolute atomic E-state index is 12.6. The molecule has 7 heteroatoms.